The van der Waals surface area contributed by atoms with Crippen molar-refractivity contribution in [3.8, 4) is 0 Å². The molecule has 1 aromatic heterocycles. The molecule has 1 aromatic rings. The van der Waals surface area contributed by atoms with Gasteiger partial charge in [-0.1, -0.05) is 19.4 Å². The average molecular weight is 285 g/mol. The van der Waals surface area contributed by atoms with Crippen LogP contribution in [0.5, 0.6) is 0 Å². The van der Waals surface area contributed by atoms with Gasteiger partial charge in [0.15, 0.2) is 0 Å². The first-order chi connectivity index (χ1) is 8.31. The normalized spacial score (nSPS) is 11.6. The third kappa shape index (κ3) is 7.23. The van der Waals surface area contributed by atoms with Crippen molar-refractivity contribution in [3.05, 3.63) is 30.6 Å². The number of hydrogen-bond donors (Lipinski definition) is 0. The summed E-state index contributed by atoms with van der Waals surface area (Å²) in [4.78, 5) is 3.78. The topological polar surface area (TPSA) is 56.3 Å². The highest BCUT2D eigenvalue weighted by Gasteiger charge is 2.47. The summed E-state index contributed by atoms with van der Waals surface area (Å²) in [6, 6.07) is 5.72. The van der Waals surface area contributed by atoms with Gasteiger partial charge in [-0.05, 0) is 18.6 Å². The van der Waals surface area contributed by atoms with Gasteiger partial charge >= 0.3 is 15.6 Å². The molecular formula is C10H14F3NO3S. The number of alkyl halides is 3. The minimum atomic E-state index is -5.37. The number of halogens is 3. The standard InChI is InChI=1S/C5H9F3O3S.C5H5N/c1-2-3-4-11-12(9,10)5(6,7)8;1-2-4-6-5-3-1/h2-4H2,1H3;1-5H. The van der Waals surface area contributed by atoms with Gasteiger partial charge in [-0.2, -0.15) is 21.6 Å². The van der Waals surface area contributed by atoms with Crippen molar-refractivity contribution in [1.29, 1.82) is 0 Å². The summed E-state index contributed by atoms with van der Waals surface area (Å²) < 4.78 is 58.7. The second-order valence-electron chi connectivity index (χ2n) is 3.10. The van der Waals surface area contributed by atoms with Gasteiger partial charge in [0.25, 0.3) is 0 Å². The Kier molecular flexibility index (Phi) is 7.53. The molecule has 0 aliphatic carbocycles. The highest BCUT2D eigenvalue weighted by atomic mass is 32.2. The summed E-state index contributed by atoms with van der Waals surface area (Å²) in [5.41, 5.74) is -5.30. The Morgan fingerprint density at radius 3 is 2.00 bits per heavy atom. The molecule has 0 aliphatic rings. The molecule has 0 fully saturated rings. The maximum atomic E-state index is 11.5. The second kappa shape index (κ2) is 8.04. The third-order valence-electron chi connectivity index (χ3n) is 1.59. The molecule has 0 saturated heterocycles. The molecule has 1 heterocycles. The van der Waals surface area contributed by atoms with E-state index in [0.717, 1.165) is 0 Å². The summed E-state index contributed by atoms with van der Waals surface area (Å²) >= 11 is 0. The first-order valence-corrected chi connectivity index (χ1v) is 6.52. The van der Waals surface area contributed by atoms with Crippen molar-refractivity contribution in [1.82, 2.24) is 4.98 Å². The minimum absolute atomic E-state index is 0.287. The monoisotopic (exact) mass is 285 g/mol. The molecule has 4 nitrogen and oxygen atoms in total. The second-order valence-corrected chi connectivity index (χ2v) is 4.71. The van der Waals surface area contributed by atoms with Crippen LogP contribution < -0.4 is 0 Å². The van der Waals surface area contributed by atoms with Gasteiger partial charge in [-0.15, -0.1) is 0 Å². The molecule has 18 heavy (non-hydrogen) atoms. The van der Waals surface area contributed by atoms with Crippen LogP contribution in [0.15, 0.2) is 30.6 Å². The zero-order chi connectivity index (χ0) is 14.1. The first-order valence-electron chi connectivity index (χ1n) is 5.12. The number of aromatic nitrogens is 1. The lowest BCUT2D eigenvalue weighted by molar-refractivity contribution is -0.0542. The molecule has 0 atom stereocenters. The SMILES string of the molecule is CCCCOS(=O)(=O)C(F)(F)F.c1ccncc1. The van der Waals surface area contributed by atoms with E-state index in [1.807, 2.05) is 18.2 Å². The van der Waals surface area contributed by atoms with E-state index in [1.54, 1.807) is 19.3 Å². The molecule has 0 spiro atoms. The number of pyridine rings is 1. The molecule has 0 N–H and O–H groups in total. The predicted molar refractivity (Wildman–Crippen MR) is 60.1 cm³/mol. The van der Waals surface area contributed by atoms with Crippen LogP contribution in [-0.2, 0) is 14.3 Å². The lowest BCUT2D eigenvalue weighted by atomic mass is 10.4. The summed E-state index contributed by atoms with van der Waals surface area (Å²) in [6.45, 7) is 1.29. The van der Waals surface area contributed by atoms with E-state index in [0.29, 0.717) is 6.42 Å². The largest absolute Gasteiger partial charge is 0.523 e. The fourth-order valence-electron chi connectivity index (χ4n) is 0.692. The molecule has 0 aromatic carbocycles. The van der Waals surface area contributed by atoms with Crippen molar-refractivity contribution >= 4 is 10.1 Å². The smallest absolute Gasteiger partial charge is 0.265 e. The number of hydrogen-bond acceptors (Lipinski definition) is 4. The highest BCUT2D eigenvalue weighted by Crippen LogP contribution is 2.24. The average Bonchev–Trinajstić information content (AvgIpc) is 2.31. The van der Waals surface area contributed by atoms with Gasteiger partial charge in [0.05, 0.1) is 6.61 Å². The zero-order valence-corrected chi connectivity index (χ0v) is 10.5. The molecule has 8 heteroatoms. The number of unbranched alkanes of at least 4 members (excludes halogenated alkanes) is 1. The predicted octanol–water partition coefficient (Wildman–Crippen LogP) is 2.73. The summed E-state index contributed by atoms with van der Waals surface area (Å²) in [5, 5.41) is 0. The molecule has 104 valence electrons. The van der Waals surface area contributed by atoms with Gasteiger partial charge in [-0.25, -0.2) is 0 Å². The Morgan fingerprint density at radius 2 is 1.72 bits per heavy atom. The fourth-order valence-corrected chi connectivity index (χ4v) is 1.16. The number of rotatable bonds is 4. The Bertz CT molecular complexity index is 379. The third-order valence-corrected chi connectivity index (χ3v) is 2.63. The summed E-state index contributed by atoms with van der Waals surface area (Å²) in [7, 11) is -5.37. The first kappa shape index (κ1) is 16.9. The van der Waals surface area contributed by atoms with Crippen LogP contribution in [-0.4, -0.2) is 25.5 Å². The van der Waals surface area contributed by atoms with Crippen molar-refractivity contribution in [3.63, 3.8) is 0 Å². The van der Waals surface area contributed by atoms with Crippen LogP contribution in [0.2, 0.25) is 0 Å². The molecule has 0 saturated carbocycles. The molecule has 0 bridgehead atoms. The van der Waals surface area contributed by atoms with Gasteiger partial charge in [0.2, 0.25) is 0 Å². The van der Waals surface area contributed by atoms with Crippen molar-refractivity contribution in [2.45, 2.75) is 25.3 Å². The maximum absolute atomic E-state index is 11.5. The number of nitrogens with zero attached hydrogens (tertiary/aromatic N) is 1. The summed E-state index contributed by atoms with van der Waals surface area (Å²) in [5.74, 6) is 0. The van der Waals surface area contributed by atoms with E-state index in [4.69, 9.17) is 0 Å². The molecule has 0 amide bonds. The molecule has 1 rings (SSSR count). The van der Waals surface area contributed by atoms with Crippen molar-refractivity contribution in [2.75, 3.05) is 6.61 Å². The molecule has 0 unspecified atom stereocenters. The van der Waals surface area contributed by atoms with Gasteiger partial charge < -0.3 is 0 Å². The Hall–Kier alpha value is -1.15. The Labute approximate surface area is 104 Å². The fraction of sp³-hybridized carbons (Fsp3) is 0.500. The molecule has 0 aliphatic heterocycles. The van der Waals surface area contributed by atoms with Crippen molar-refractivity contribution < 1.29 is 25.8 Å². The summed E-state index contributed by atoms with van der Waals surface area (Å²) in [6.07, 6.45) is 4.36. The van der Waals surface area contributed by atoms with Crippen molar-refractivity contribution in [2.24, 2.45) is 0 Å². The quantitative estimate of drug-likeness (QED) is 0.485. The zero-order valence-electron chi connectivity index (χ0n) is 9.72. The lowest BCUT2D eigenvalue weighted by Crippen LogP contribution is -2.25. The van der Waals surface area contributed by atoms with E-state index in [2.05, 4.69) is 9.17 Å². The van der Waals surface area contributed by atoms with E-state index in [-0.39, 0.29) is 6.42 Å². The minimum Gasteiger partial charge on any atom is -0.265 e. The lowest BCUT2D eigenvalue weighted by Gasteiger charge is -2.06. The Morgan fingerprint density at radius 1 is 1.17 bits per heavy atom. The van der Waals surface area contributed by atoms with Crippen LogP contribution in [0.3, 0.4) is 0 Å². The van der Waals surface area contributed by atoms with E-state index < -0.39 is 22.2 Å². The maximum Gasteiger partial charge on any atom is 0.523 e. The van der Waals surface area contributed by atoms with Crippen LogP contribution in [0.25, 0.3) is 0 Å². The van der Waals surface area contributed by atoms with Crippen LogP contribution in [0.4, 0.5) is 13.2 Å². The van der Waals surface area contributed by atoms with E-state index in [1.165, 1.54) is 0 Å². The van der Waals surface area contributed by atoms with E-state index >= 15 is 0 Å². The van der Waals surface area contributed by atoms with Crippen LogP contribution >= 0.6 is 0 Å². The van der Waals surface area contributed by atoms with Gasteiger partial charge in [-0.3, -0.25) is 9.17 Å². The Balaban J connectivity index is 0.000000397. The van der Waals surface area contributed by atoms with Crippen LogP contribution in [0, 0.1) is 0 Å². The highest BCUT2D eigenvalue weighted by molar-refractivity contribution is 7.87. The van der Waals surface area contributed by atoms with Gasteiger partial charge in [0.1, 0.15) is 0 Å². The van der Waals surface area contributed by atoms with E-state index in [9.17, 15) is 21.6 Å². The van der Waals surface area contributed by atoms with Crippen LogP contribution in [0.1, 0.15) is 19.8 Å². The molecular weight excluding hydrogens is 271 g/mol. The molecule has 0 radical (unpaired) electrons. The van der Waals surface area contributed by atoms with Gasteiger partial charge in [0, 0.05) is 12.4 Å².